The van der Waals surface area contributed by atoms with Crippen molar-refractivity contribution < 1.29 is 9.90 Å². The number of carbonyl (C=O) groups excluding carboxylic acids is 1. The zero-order chi connectivity index (χ0) is 15.7. The fourth-order valence-electron chi connectivity index (χ4n) is 2.82. The van der Waals surface area contributed by atoms with Gasteiger partial charge in [0.1, 0.15) is 11.9 Å². The smallest absolute Gasteiger partial charge is 0.258 e. The molecule has 4 heteroatoms. The van der Waals surface area contributed by atoms with Crippen LogP contribution in [-0.4, -0.2) is 22.0 Å². The van der Waals surface area contributed by atoms with Crippen molar-refractivity contribution in [1.82, 2.24) is 4.90 Å². The number of nitrogens with zero attached hydrogens (tertiary/aromatic N) is 1. The van der Waals surface area contributed by atoms with E-state index in [4.69, 9.17) is 0 Å². The monoisotopic (exact) mass is 296 g/mol. The molecular formula is C18H20N2O2. The van der Waals surface area contributed by atoms with Gasteiger partial charge in [0.25, 0.3) is 5.91 Å². The standard InChI is InChI=1S/C18H20N2O2/c1-3-12(2)20-17(13-8-10-14(21)11-9-13)19-16-7-5-4-6-15(16)18(20)22/h4-12,17,19,21H,3H2,1-2H3/t12-,17-/m0/s1. The maximum atomic E-state index is 12.9. The lowest BCUT2D eigenvalue weighted by Gasteiger charge is -2.41. The Morgan fingerprint density at radius 1 is 1.18 bits per heavy atom. The second kappa shape index (κ2) is 5.72. The predicted octanol–water partition coefficient (Wildman–Crippen LogP) is 3.76. The molecule has 1 heterocycles. The van der Waals surface area contributed by atoms with Crippen LogP contribution >= 0.6 is 0 Å². The van der Waals surface area contributed by atoms with Gasteiger partial charge in [-0.25, -0.2) is 0 Å². The second-order valence-electron chi connectivity index (χ2n) is 5.65. The van der Waals surface area contributed by atoms with E-state index in [1.807, 2.05) is 41.3 Å². The van der Waals surface area contributed by atoms with Gasteiger partial charge in [-0.05, 0) is 43.2 Å². The maximum Gasteiger partial charge on any atom is 0.258 e. The molecule has 4 nitrogen and oxygen atoms in total. The third-order valence-corrected chi connectivity index (χ3v) is 4.24. The minimum absolute atomic E-state index is 0.0433. The van der Waals surface area contributed by atoms with E-state index >= 15 is 0 Å². The molecule has 1 aliphatic rings. The van der Waals surface area contributed by atoms with Gasteiger partial charge in [-0.3, -0.25) is 4.79 Å². The van der Waals surface area contributed by atoms with Crippen LogP contribution < -0.4 is 5.32 Å². The molecule has 0 aliphatic carbocycles. The molecule has 0 bridgehead atoms. The Morgan fingerprint density at radius 2 is 1.86 bits per heavy atom. The molecule has 0 spiro atoms. The Balaban J connectivity index is 2.06. The van der Waals surface area contributed by atoms with Crippen LogP contribution in [-0.2, 0) is 0 Å². The van der Waals surface area contributed by atoms with Crippen molar-refractivity contribution in [3.63, 3.8) is 0 Å². The number of carbonyl (C=O) groups is 1. The zero-order valence-corrected chi connectivity index (χ0v) is 12.8. The van der Waals surface area contributed by atoms with Crippen LogP contribution in [0.2, 0.25) is 0 Å². The van der Waals surface area contributed by atoms with Crippen molar-refractivity contribution in [2.75, 3.05) is 5.32 Å². The molecule has 2 aromatic rings. The summed E-state index contributed by atoms with van der Waals surface area (Å²) in [6, 6.07) is 14.7. The van der Waals surface area contributed by atoms with Crippen molar-refractivity contribution in [3.8, 4) is 5.75 Å². The largest absolute Gasteiger partial charge is 0.508 e. The first kappa shape index (κ1) is 14.4. The summed E-state index contributed by atoms with van der Waals surface area (Å²) in [4.78, 5) is 14.8. The normalized spacial score (nSPS) is 18.5. The lowest BCUT2D eigenvalue weighted by Crippen LogP contribution is -2.47. The van der Waals surface area contributed by atoms with Crippen molar-refractivity contribution in [2.24, 2.45) is 0 Å². The summed E-state index contributed by atoms with van der Waals surface area (Å²) < 4.78 is 0. The van der Waals surface area contributed by atoms with E-state index in [2.05, 4.69) is 19.2 Å². The molecule has 114 valence electrons. The van der Waals surface area contributed by atoms with E-state index in [0.717, 1.165) is 17.7 Å². The predicted molar refractivity (Wildman–Crippen MR) is 86.8 cm³/mol. The highest BCUT2D eigenvalue weighted by Gasteiger charge is 2.35. The average molecular weight is 296 g/mol. The number of benzene rings is 2. The number of phenolic OH excluding ortho intramolecular Hbond substituents is 1. The molecule has 2 N–H and O–H groups in total. The zero-order valence-electron chi connectivity index (χ0n) is 12.8. The highest BCUT2D eigenvalue weighted by molar-refractivity contribution is 6.01. The SMILES string of the molecule is CC[C@H](C)N1C(=O)c2ccccc2N[C@@H]1c1ccc(O)cc1. The van der Waals surface area contributed by atoms with Crippen molar-refractivity contribution >= 4 is 11.6 Å². The van der Waals surface area contributed by atoms with Crippen molar-refractivity contribution in [2.45, 2.75) is 32.5 Å². The summed E-state index contributed by atoms with van der Waals surface area (Å²) in [6.07, 6.45) is 0.655. The minimum Gasteiger partial charge on any atom is -0.508 e. The molecule has 0 fully saturated rings. The van der Waals surface area contributed by atoms with Gasteiger partial charge >= 0.3 is 0 Å². The quantitative estimate of drug-likeness (QED) is 0.906. The third kappa shape index (κ3) is 2.41. The molecule has 0 radical (unpaired) electrons. The van der Waals surface area contributed by atoms with Crippen LogP contribution in [0.1, 0.15) is 42.4 Å². The van der Waals surface area contributed by atoms with E-state index in [-0.39, 0.29) is 23.9 Å². The molecule has 0 aromatic heterocycles. The van der Waals surface area contributed by atoms with Crippen LogP contribution in [0.3, 0.4) is 0 Å². The topological polar surface area (TPSA) is 52.6 Å². The first-order chi connectivity index (χ1) is 10.6. The van der Waals surface area contributed by atoms with Crippen molar-refractivity contribution in [3.05, 3.63) is 59.7 Å². The molecular weight excluding hydrogens is 276 g/mol. The summed E-state index contributed by atoms with van der Waals surface area (Å²) in [5.74, 6) is 0.267. The van der Waals surface area contributed by atoms with Gasteiger partial charge in [-0.2, -0.15) is 0 Å². The summed E-state index contributed by atoms with van der Waals surface area (Å²) in [5.41, 5.74) is 2.52. The Hall–Kier alpha value is -2.49. The van der Waals surface area contributed by atoms with Crippen LogP contribution in [0.15, 0.2) is 48.5 Å². The summed E-state index contributed by atoms with van der Waals surface area (Å²) in [7, 11) is 0. The highest BCUT2D eigenvalue weighted by atomic mass is 16.3. The van der Waals surface area contributed by atoms with Gasteiger partial charge in [0, 0.05) is 11.7 Å². The fraction of sp³-hybridized carbons (Fsp3) is 0.278. The number of aromatic hydroxyl groups is 1. The molecule has 1 aliphatic heterocycles. The number of anilines is 1. The molecule has 0 saturated carbocycles. The number of amides is 1. The van der Waals surface area contributed by atoms with Gasteiger partial charge < -0.3 is 15.3 Å². The van der Waals surface area contributed by atoms with E-state index in [9.17, 15) is 9.90 Å². The van der Waals surface area contributed by atoms with Crippen molar-refractivity contribution in [1.29, 1.82) is 0 Å². The van der Waals surface area contributed by atoms with E-state index < -0.39 is 0 Å². The first-order valence-corrected chi connectivity index (χ1v) is 7.59. The van der Waals surface area contributed by atoms with E-state index in [1.54, 1.807) is 12.1 Å². The molecule has 1 amide bonds. The van der Waals surface area contributed by atoms with Gasteiger partial charge in [0.15, 0.2) is 0 Å². The summed E-state index contributed by atoms with van der Waals surface area (Å²) in [5, 5.41) is 12.9. The van der Waals surface area contributed by atoms with E-state index in [0.29, 0.717) is 5.56 Å². The van der Waals surface area contributed by atoms with Gasteiger partial charge in [0.05, 0.1) is 5.56 Å². The second-order valence-corrected chi connectivity index (χ2v) is 5.65. The van der Waals surface area contributed by atoms with E-state index in [1.165, 1.54) is 0 Å². The fourth-order valence-corrected chi connectivity index (χ4v) is 2.82. The Bertz CT molecular complexity index is 682. The number of hydrogen-bond acceptors (Lipinski definition) is 3. The molecule has 2 aromatic carbocycles. The molecule has 0 saturated heterocycles. The summed E-state index contributed by atoms with van der Waals surface area (Å²) in [6.45, 7) is 4.13. The first-order valence-electron chi connectivity index (χ1n) is 7.59. The minimum atomic E-state index is -0.224. The molecule has 2 atom stereocenters. The van der Waals surface area contributed by atoms with Gasteiger partial charge in [-0.15, -0.1) is 0 Å². The lowest BCUT2D eigenvalue weighted by atomic mass is 10.0. The van der Waals surface area contributed by atoms with Crippen LogP contribution in [0, 0.1) is 0 Å². The summed E-state index contributed by atoms with van der Waals surface area (Å²) >= 11 is 0. The Labute approximate surface area is 130 Å². The number of fused-ring (bicyclic) bond motifs is 1. The van der Waals surface area contributed by atoms with Crippen LogP contribution in [0.25, 0.3) is 0 Å². The third-order valence-electron chi connectivity index (χ3n) is 4.24. The lowest BCUT2D eigenvalue weighted by molar-refractivity contribution is 0.0593. The molecule has 22 heavy (non-hydrogen) atoms. The number of rotatable bonds is 3. The van der Waals surface area contributed by atoms with Crippen LogP contribution in [0.4, 0.5) is 5.69 Å². The Morgan fingerprint density at radius 3 is 2.55 bits per heavy atom. The Kier molecular flexibility index (Phi) is 3.75. The molecule has 3 rings (SSSR count). The van der Waals surface area contributed by atoms with Crippen LogP contribution in [0.5, 0.6) is 5.75 Å². The number of para-hydroxylation sites is 1. The molecule has 0 unspecified atom stereocenters. The average Bonchev–Trinajstić information content (AvgIpc) is 2.55. The van der Waals surface area contributed by atoms with Gasteiger partial charge in [0.2, 0.25) is 0 Å². The number of hydrogen-bond donors (Lipinski definition) is 2. The maximum absolute atomic E-state index is 12.9. The van der Waals surface area contributed by atoms with Gasteiger partial charge in [-0.1, -0.05) is 31.2 Å². The number of nitrogens with one attached hydrogen (secondary N) is 1. The highest BCUT2D eigenvalue weighted by Crippen LogP contribution is 2.35. The number of phenols is 1.